The smallest absolute Gasteiger partial charge is 0.243 e. The van der Waals surface area contributed by atoms with E-state index < -0.39 is 11.6 Å². The van der Waals surface area contributed by atoms with Crippen molar-refractivity contribution in [1.29, 1.82) is 0 Å². The highest BCUT2D eigenvalue weighted by atomic mass is 32.2. The Kier molecular flexibility index (Phi) is 9.71. The summed E-state index contributed by atoms with van der Waals surface area (Å²) >= 11 is 1.62. The van der Waals surface area contributed by atoms with E-state index in [0.29, 0.717) is 12.2 Å². The van der Waals surface area contributed by atoms with Gasteiger partial charge in [0.2, 0.25) is 11.8 Å². The number of carbonyl (C=O) groups excluding carboxylic acids is 2. The SMILES string of the molecule is Cc1ccc(SCCC(=O)N(Cc2ccc(F)cc2)C(Cc2ccccc2)C(=O)NC(C)(C)C)cc1. The van der Waals surface area contributed by atoms with Crippen LogP contribution in [0.1, 0.15) is 43.9 Å². The third-order valence-electron chi connectivity index (χ3n) is 5.64. The van der Waals surface area contributed by atoms with Crippen LogP contribution in [0.2, 0.25) is 0 Å². The zero-order chi connectivity index (χ0) is 26.1. The number of benzene rings is 3. The largest absolute Gasteiger partial charge is 0.350 e. The lowest BCUT2D eigenvalue weighted by molar-refractivity contribution is -0.141. The van der Waals surface area contributed by atoms with Gasteiger partial charge in [-0.25, -0.2) is 4.39 Å². The van der Waals surface area contributed by atoms with Gasteiger partial charge in [0.15, 0.2) is 0 Å². The number of hydrogen-bond donors (Lipinski definition) is 1. The first-order chi connectivity index (χ1) is 17.1. The molecule has 4 nitrogen and oxygen atoms in total. The quantitative estimate of drug-likeness (QED) is 0.335. The molecule has 3 aromatic carbocycles. The Bertz CT molecular complexity index is 1130. The van der Waals surface area contributed by atoms with E-state index >= 15 is 0 Å². The monoisotopic (exact) mass is 506 g/mol. The predicted molar refractivity (Wildman–Crippen MR) is 145 cm³/mol. The van der Waals surface area contributed by atoms with E-state index in [-0.39, 0.29) is 30.6 Å². The van der Waals surface area contributed by atoms with Gasteiger partial charge in [-0.1, -0.05) is 60.2 Å². The maximum Gasteiger partial charge on any atom is 0.243 e. The lowest BCUT2D eigenvalue weighted by Crippen LogP contribution is -2.54. The zero-order valence-electron chi connectivity index (χ0n) is 21.5. The van der Waals surface area contributed by atoms with Gasteiger partial charge >= 0.3 is 0 Å². The minimum atomic E-state index is -0.700. The number of nitrogens with one attached hydrogen (secondary N) is 1. The Morgan fingerprint density at radius 1 is 0.917 bits per heavy atom. The highest BCUT2D eigenvalue weighted by Gasteiger charge is 2.32. The van der Waals surface area contributed by atoms with Crippen molar-refractivity contribution in [2.75, 3.05) is 5.75 Å². The Balaban J connectivity index is 1.85. The Labute approximate surface area is 218 Å². The molecule has 1 unspecified atom stereocenters. The third kappa shape index (κ3) is 8.83. The van der Waals surface area contributed by atoms with Crippen LogP contribution in [0.4, 0.5) is 4.39 Å². The molecule has 3 rings (SSSR count). The van der Waals surface area contributed by atoms with Gasteiger partial charge in [0, 0.05) is 35.6 Å². The molecule has 6 heteroatoms. The molecule has 0 radical (unpaired) electrons. The molecule has 0 bridgehead atoms. The highest BCUT2D eigenvalue weighted by molar-refractivity contribution is 7.99. The van der Waals surface area contributed by atoms with Crippen molar-refractivity contribution in [1.82, 2.24) is 10.2 Å². The van der Waals surface area contributed by atoms with Crippen LogP contribution in [-0.2, 0) is 22.6 Å². The molecule has 0 aromatic heterocycles. The first kappa shape index (κ1) is 27.5. The van der Waals surface area contributed by atoms with E-state index in [2.05, 4.69) is 29.6 Å². The molecular weight excluding hydrogens is 471 g/mol. The van der Waals surface area contributed by atoms with Crippen LogP contribution >= 0.6 is 11.8 Å². The standard InChI is InChI=1S/C30H35FN2O2S/c1-22-10-16-26(17-11-22)36-19-18-28(34)33(21-24-12-14-25(31)15-13-24)27(29(35)32-30(2,3)4)20-23-8-6-5-7-9-23/h5-17,27H,18-21H2,1-4H3,(H,32,35). The summed E-state index contributed by atoms with van der Waals surface area (Å²) in [5, 5.41) is 3.06. The van der Waals surface area contributed by atoms with Gasteiger partial charge in [-0.05, 0) is 63.1 Å². The molecule has 0 aliphatic carbocycles. The summed E-state index contributed by atoms with van der Waals surface area (Å²) < 4.78 is 13.5. The van der Waals surface area contributed by atoms with Crippen LogP contribution in [0.5, 0.6) is 0 Å². The minimum absolute atomic E-state index is 0.107. The van der Waals surface area contributed by atoms with Crippen molar-refractivity contribution >= 4 is 23.6 Å². The summed E-state index contributed by atoms with van der Waals surface area (Å²) in [6, 6.07) is 23.3. The van der Waals surface area contributed by atoms with E-state index in [0.717, 1.165) is 16.0 Å². The summed E-state index contributed by atoms with van der Waals surface area (Å²) in [5.74, 6) is -0.0461. The summed E-state index contributed by atoms with van der Waals surface area (Å²) in [5.41, 5.74) is 2.49. The second-order valence-corrected chi connectivity index (χ2v) is 11.2. The number of carbonyl (C=O) groups is 2. The molecule has 0 saturated carbocycles. The summed E-state index contributed by atoms with van der Waals surface area (Å²) in [6.07, 6.45) is 0.675. The Morgan fingerprint density at radius 2 is 1.56 bits per heavy atom. The van der Waals surface area contributed by atoms with E-state index in [9.17, 15) is 14.0 Å². The minimum Gasteiger partial charge on any atom is -0.350 e. The lowest BCUT2D eigenvalue weighted by Gasteiger charge is -2.34. The number of aryl methyl sites for hydroxylation is 1. The van der Waals surface area contributed by atoms with Gasteiger partial charge in [-0.15, -0.1) is 11.8 Å². The predicted octanol–water partition coefficient (Wildman–Crippen LogP) is 6.17. The molecule has 0 aliphatic rings. The fourth-order valence-corrected chi connectivity index (χ4v) is 4.67. The van der Waals surface area contributed by atoms with Gasteiger partial charge in [-0.3, -0.25) is 9.59 Å². The van der Waals surface area contributed by atoms with Crippen LogP contribution in [0, 0.1) is 12.7 Å². The second-order valence-electron chi connectivity index (χ2n) is 10.0. The fourth-order valence-electron chi connectivity index (χ4n) is 3.83. The van der Waals surface area contributed by atoms with Gasteiger partial charge in [0.25, 0.3) is 0 Å². The van der Waals surface area contributed by atoms with Crippen LogP contribution in [-0.4, -0.2) is 34.0 Å². The molecule has 0 saturated heterocycles. The summed E-state index contributed by atoms with van der Waals surface area (Å²) in [4.78, 5) is 29.9. The molecule has 0 spiro atoms. The van der Waals surface area contributed by atoms with Crippen molar-refractivity contribution in [3.8, 4) is 0 Å². The topological polar surface area (TPSA) is 49.4 Å². The van der Waals surface area contributed by atoms with Crippen LogP contribution in [0.15, 0.2) is 83.8 Å². The molecule has 2 amide bonds. The number of hydrogen-bond acceptors (Lipinski definition) is 3. The molecule has 0 heterocycles. The zero-order valence-corrected chi connectivity index (χ0v) is 22.3. The van der Waals surface area contributed by atoms with Gasteiger partial charge < -0.3 is 10.2 Å². The van der Waals surface area contributed by atoms with Crippen molar-refractivity contribution in [2.24, 2.45) is 0 Å². The maximum atomic E-state index is 13.6. The first-order valence-electron chi connectivity index (χ1n) is 12.2. The molecule has 36 heavy (non-hydrogen) atoms. The molecule has 0 fully saturated rings. The van der Waals surface area contributed by atoms with E-state index in [1.54, 1.807) is 28.8 Å². The number of halogens is 1. The van der Waals surface area contributed by atoms with E-state index in [1.165, 1.54) is 17.7 Å². The fraction of sp³-hybridized carbons (Fsp3) is 0.333. The Morgan fingerprint density at radius 3 is 2.17 bits per heavy atom. The number of rotatable bonds is 10. The van der Waals surface area contributed by atoms with E-state index in [1.807, 2.05) is 58.0 Å². The normalized spacial score (nSPS) is 12.1. The van der Waals surface area contributed by atoms with Crippen molar-refractivity contribution in [3.63, 3.8) is 0 Å². The van der Waals surface area contributed by atoms with Crippen LogP contribution < -0.4 is 5.32 Å². The molecule has 3 aromatic rings. The van der Waals surface area contributed by atoms with Crippen molar-refractivity contribution < 1.29 is 14.0 Å². The number of nitrogens with zero attached hydrogens (tertiary/aromatic N) is 1. The van der Waals surface area contributed by atoms with Crippen LogP contribution in [0.25, 0.3) is 0 Å². The number of amides is 2. The van der Waals surface area contributed by atoms with Gasteiger partial charge in [0.1, 0.15) is 11.9 Å². The Hall–Kier alpha value is -3.12. The molecule has 1 atom stereocenters. The average molecular weight is 507 g/mol. The third-order valence-corrected chi connectivity index (χ3v) is 6.65. The number of thioether (sulfide) groups is 1. The van der Waals surface area contributed by atoms with Crippen molar-refractivity contribution in [2.45, 2.75) is 63.6 Å². The first-order valence-corrected chi connectivity index (χ1v) is 13.2. The molecule has 190 valence electrons. The second kappa shape index (κ2) is 12.7. The van der Waals surface area contributed by atoms with Gasteiger partial charge in [0.05, 0.1) is 0 Å². The van der Waals surface area contributed by atoms with Gasteiger partial charge in [-0.2, -0.15) is 0 Å². The average Bonchev–Trinajstić information content (AvgIpc) is 2.83. The summed E-state index contributed by atoms with van der Waals surface area (Å²) in [6.45, 7) is 8.04. The highest BCUT2D eigenvalue weighted by Crippen LogP contribution is 2.22. The lowest BCUT2D eigenvalue weighted by atomic mass is 10.0. The molecule has 0 aliphatic heterocycles. The van der Waals surface area contributed by atoms with Crippen LogP contribution in [0.3, 0.4) is 0 Å². The van der Waals surface area contributed by atoms with Crippen molar-refractivity contribution in [3.05, 3.63) is 101 Å². The molecule has 1 N–H and O–H groups in total. The maximum absolute atomic E-state index is 13.6. The molecular formula is C30H35FN2O2S. The van der Waals surface area contributed by atoms with E-state index in [4.69, 9.17) is 0 Å². The summed E-state index contributed by atoms with van der Waals surface area (Å²) in [7, 11) is 0.